The summed E-state index contributed by atoms with van der Waals surface area (Å²) in [5.74, 6) is 0.0128. The molecule has 0 fully saturated rings. The van der Waals surface area contributed by atoms with Gasteiger partial charge in [0.25, 0.3) is 0 Å². The lowest BCUT2D eigenvalue weighted by Crippen LogP contribution is -2.20. The molecule has 2 aromatic rings. The number of aryl methyl sites for hydroxylation is 1. The van der Waals surface area contributed by atoms with E-state index in [0.29, 0.717) is 12.2 Å². The van der Waals surface area contributed by atoms with Crippen LogP contribution in [0.25, 0.3) is 0 Å². The first-order valence-electron chi connectivity index (χ1n) is 6.31. The van der Waals surface area contributed by atoms with E-state index in [-0.39, 0.29) is 5.84 Å². The molecule has 0 aliphatic carbocycles. The summed E-state index contributed by atoms with van der Waals surface area (Å²) >= 11 is 0. The second kappa shape index (κ2) is 6.67. The van der Waals surface area contributed by atoms with Gasteiger partial charge >= 0.3 is 0 Å². The van der Waals surface area contributed by atoms with Crippen LogP contribution >= 0.6 is 0 Å². The number of oxime groups is 1. The van der Waals surface area contributed by atoms with Gasteiger partial charge in [-0.25, -0.2) is 0 Å². The van der Waals surface area contributed by atoms with Gasteiger partial charge in [0.15, 0.2) is 5.84 Å². The molecule has 0 spiro atoms. The molecule has 0 radical (unpaired) electrons. The summed E-state index contributed by atoms with van der Waals surface area (Å²) in [6.07, 6.45) is 5.48. The molecule has 20 heavy (non-hydrogen) atoms. The lowest BCUT2D eigenvalue weighted by molar-refractivity contribution is 0.318. The fourth-order valence-electron chi connectivity index (χ4n) is 1.79. The zero-order chi connectivity index (χ0) is 14.4. The molecule has 4 N–H and O–H groups in total. The van der Waals surface area contributed by atoms with E-state index in [9.17, 15) is 0 Å². The van der Waals surface area contributed by atoms with Crippen molar-refractivity contribution in [3.05, 3.63) is 47.5 Å². The molecule has 0 atom stereocenters. The minimum Gasteiger partial charge on any atom is -0.409 e. The largest absolute Gasteiger partial charge is 0.409 e. The highest BCUT2D eigenvalue weighted by Gasteiger charge is 2.02. The van der Waals surface area contributed by atoms with Crippen LogP contribution in [0, 0.1) is 6.92 Å². The molecule has 0 amide bonds. The molecular formula is C13H18N6O. The van der Waals surface area contributed by atoms with Gasteiger partial charge in [-0.05, 0) is 30.2 Å². The van der Waals surface area contributed by atoms with Crippen molar-refractivity contribution in [3.8, 4) is 0 Å². The smallest absolute Gasteiger partial charge is 0.188 e. The van der Waals surface area contributed by atoms with Crippen molar-refractivity contribution in [3.63, 3.8) is 0 Å². The molecule has 7 heteroatoms. The number of nitrogens with zero attached hydrogens (tertiary/aromatic N) is 4. The third kappa shape index (κ3) is 3.79. The zero-order valence-electron chi connectivity index (χ0n) is 11.3. The van der Waals surface area contributed by atoms with Crippen molar-refractivity contribution >= 4 is 5.84 Å². The second-order valence-electron chi connectivity index (χ2n) is 4.49. The average Bonchev–Trinajstić information content (AvgIpc) is 2.88. The number of nitrogens with two attached hydrogens (primary N) is 1. The van der Waals surface area contributed by atoms with Crippen molar-refractivity contribution in [1.29, 1.82) is 0 Å². The highest BCUT2D eigenvalue weighted by atomic mass is 16.4. The Kier molecular flexibility index (Phi) is 4.67. The number of hydrogen-bond donors (Lipinski definition) is 3. The normalized spacial score (nSPS) is 11.8. The Morgan fingerprint density at radius 2 is 2.40 bits per heavy atom. The van der Waals surface area contributed by atoms with Crippen LogP contribution in [0.4, 0.5) is 0 Å². The first kappa shape index (κ1) is 14.0. The molecule has 0 bridgehead atoms. The van der Waals surface area contributed by atoms with E-state index in [1.807, 2.05) is 30.1 Å². The van der Waals surface area contributed by atoms with Gasteiger partial charge in [0.1, 0.15) is 5.69 Å². The third-order valence-electron chi connectivity index (χ3n) is 2.80. The van der Waals surface area contributed by atoms with Gasteiger partial charge < -0.3 is 16.3 Å². The number of nitrogens with one attached hydrogen (secondary N) is 1. The first-order valence-corrected chi connectivity index (χ1v) is 6.31. The molecule has 2 aromatic heterocycles. The lowest BCUT2D eigenvalue weighted by Gasteiger charge is -2.06. The Morgan fingerprint density at radius 1 is 1.55 bits per heavy atom. The van der Waals surface area contributed by atoms with Gasteiger partial charge in [0.2, 0.25) is 0 Å². The Hall–Kier alpha value is -2.41. The molecule has 0 unspecified atom stereocenters. The van der Waals surface area contributed by atoms with Crippen LogP contribution in [0.15, 0.2) is 35.9 Å². The van der Waals surface area contributed by atoms with Crippen molar-refractivity contribution in [2.24, 2.45) is 10.9 Å². The summed E-state index contributed by atoms with van der Waals surface area (Å²) in [6.45, 7) is 4.32. The highest BCUT2D eigenvalue weighted by molar-refractivity contribution is 5.95. The van der Waals surface area contributed by atoms with Gasteiger partial charge in [0, 0.05) is 25.5 Å². The number of aromatic nitrogens is 3. The number of amidine groups is 1. The lowest BCUT2D eigenvalue weighted by atomic mass is 10.2. The van der Waals surface area contributed by atoms with E-state index < -0.39 is 0 Å². The molecule has 2 heterocycles. The molecule has 2 rings (SSSR count). The zero-order valence-corrected chi connectivity index (χ0v) is 11.3. The van der Waals surface area contributed by atoms with Crippen LogP contribution in [-0.4, -0.2) is 32.4 Å². The minimum atomic E-state index is 0.0128. The molecule has 0 saturated heterocycles. The van der Waals surface area contributed by atoms with Crippen LogP contribution < -0.4 is 11.1 Å². The van der Waals surface area contributed by atoms with Crippen molar-refractivity contribution < 1.29 is 5.21 Å². The molecule has 0 aromatic carbocycles. The monoisotopic (exact) mass is 274 g/mol. The predicted octanol–water partition coefficient (Wildman–Crippen LogP) is 0.471. The number of rotatable bonds is 6. The Labute approximate surface area is 117 Å². The fraction of sp³-hybridized carbons (Fsp3) is 0.308. The number of pyridine rings is 1. The van der Waals surface area contributed by atoms with E-state index in [0.717, 1.165) is 24.2 Å². The first-order chi connectivity index (χ1) is 9.69. The molecule has 0 saturated carbocycles. The van der Waals surface area contributed by atoms with Crippen molar-refractivity contribution in [2.75, 3.05) is 6.54 Å². The Bertz CT molecular complexity index is 592. The quantitative estimate of drug-likeness (QED) is 0.234. The van der Waals surface area contributed by atoms with Gasteiger partial charge in [0.05, 0.1) is 12.7 Å². The summed E-state index contributed by atoms with van der Waals surface area (Å²) < 4.78 is 1.90. The van der Waals surface area contributed by atoms with Gasteiger partial charge in [-0.2, -0.15) is 5.10 Å². The molecule has 106 valence electrons. The maximum Gasteiger partial charge on any atom is 0.188 e. The van der Waals surface area contributed by atoms with Crippen LogP contribution in [0.3, 0.4) is 0 Å². The van der Waals surface area contributed by atoms with Crippen molar-refractivity contribution in [1.82, 2.24) is 20.1 Å². The van der Waals surface area contributed by atoms with Gasteiger partial charge in [-0.3, -0.25) is 9.67 Å². The minimum absolute atomic E-state index is 0.0128. The Balaban J connectivity index is 1.82. The SMILES string of the molecule is Cc1cnn(CCNCc2ccnc(/C(N)=N/O)c2)c1. The fourth-order valence-corrected chi connectivity index (χ4v) is 1.79. The summed E-state index contributed by atoms with van der Waals surface area (Å²) in [7, 11) is 0. The molecular weight excluding hydrogens is 256 g/mol. The predicted molar refractivity (Wildman–Crippen MR) is 75.4 cm³/mol. The average molecular weight is 274 g/mol. The van der Waals surface area contributed by atoms with E-state index in [2.05, 4.69) is 20.6 Å². The van der Waals surface area contributed by atoms with Gasteiger partial charge in [-0.1, -0.05) is 5.16 Å². The summed E-state index contributed by atoms with van der Waals surface area (Å²) in [5.41, 5.74) is 8.15. The van der Waals surface area contributed by atoms with Gasteiger partial charge in [-0.15, -0.1) is 0 Å². The topological polar surface area (TPSA) is 101 Å². The second-order valence-corrected chi connectivity index (χ2v) is 4.49. The summed E-state index contributed by atoms with van der Waals surface area (Å²) in [4.78, 5) is 4.03. The van der Waals surface area contributed by atoms with E-state index in [1.54, 1.807) is 12.3 Å². The standard InChI is InChI=1S/C13H18N6O/c1-10-7-17-19(9-10)5-4-15-8-11-2-3-16-12(6-11)13(14)18-20/h2-3,6-7,9,15,20H,4-5,8H2,1H3,(H2,14,18). The molecule has 0 aliphatic rings. The maximum atomic E-state index is 8.62. The molecule has 7 nitrogen and oxygen atoms in total. The van der Waals surface area contributed by atoms with E-state index in [4.69, 9.17) is 10.9 Å². The van der Waals surface area contributed by atoms with Crippen molar-refractivity contribution in [2.45, 2.75) is 20.0 Å². The summed E-state index contributed by atoms with van der Waals surface area (Å²) in [5, 5.41) is 19.1. The van der Waals surface area contributed by atoms with Crippen LogP contribution in [0.5, 0.6) is 0 Å². The van der Waals surface area contributed by atoms with Crippen LogP contribution in [0.2, 0.25) is 0 Å². The van der Waals surface area contributed by atoms with E-state index in [1.165, 1.54) is 0 Å². The summed E-state index contributed by atoms with van der Waals surface area (Å²) in [6, 6.07) is 3.68. The maximum absolute atomic E-state index is 8.62. The Morgan fingerprint density at radius 3 is 3.10 bits per heavy atom. The van der Waals surface area contributed by atoms with Crippen LogP contribution in [0.1, 0.15) is 16.8 Å². The number of hydrogen-bond acceptors (Lipinski definition) is 5. The van der Waals surface area contributed by atoms with Crippen LogP contribution in [-0.2, 0) is 13.1 Å². The third-order valence-corrected chi connectivity index (χ3v) is 2.80. The van der Waals surface area contributed by atoms with E-state index >= 15 is 0 Å². The molecule has 0 aliphatic heterocycles. The highest BCUT2D eigenvalue weighted by Crippen LogP contribution is 2.01.